The monoisotopic (exact) mass is 337 g/mol. The molecule has 0 spiro atoms. The molecule has 1 fully saturated rings. The molecule has 1 heterocycles. The molecule has 6 heteroatoms. The summed E-state index contributed by atoms with van der Waals surface area (Å²) in [6.45, 7) is 5.62. The molecule has 0 aliphatic carbocycles. The van der Waals surface area contributed by atoms with Gasteiger partial charge < -0.3 is 16.0 Å². The van der Waals surface area contributed by atoms with Crippen LogP contribution in [0.1, 0.15) is 37.0 Å². The Morgan fingerprint density at radius 2 is 1.96 bits per heavy atom. The van der Waals surface area contributed by atoms with E-state index >= 15 is 0 Å². The van der Waals surface area contributed by atoms with E-state index in [-0.39, 0.29) is 23.8 Å². The molecule has 0 bridgehead atoms. The molecular formula is C17H24ClN3O2. The van der Waals surface area contributed by atoms with E-state index in [1.807, 2.05) is 13.8 Å². The van der Waals surface area contributed by atoms with Crippen LogP contribution in [-0.2, 0) is 4.79 Å². The van der Waals surface area contributed by atoms with Crippen LogP contribution in [0.4, 0.5) is 0 Å². The number of carbonyl (C=O) groups is 2. The maximum atomic E-state index is 12.5. The van der Waals surface area contributed by atoms with Crippen LogP contribution in [0.2, 0.25) is 5.02 Å². The first-order chi connectivity index (χ1) is 11.0. The molecule has 1 aliphatic heterocycles. The smallest absolute Gasteiger partial charge is 0.251 e. The molecule has 2 amide bonds. The van der Waals surface area contributed by atoms with Gasteiger partial charge in [0.05, 0.1) is 0 Å². The van der Waals surface area contributed by atoms with Crippen molar-refractivity contribution in [3.8, 4) is 0 Å². The van der Waals surface area contributed by atoms with Crippen LogP contribution in [0.3, 0.4) is 0 Å². The van der Waals surface area contributed by atoms with Crippen LogP contribution in [0.25, 0.3) is 0 Å². The number of carbonyl (C=O) groups excluding carboxylic acids is 2. The van der Waals surface area contributed by atoms with Crippen molar-refractivity contribution in [2.75, 3.05) is 13.1 Å². The minimum atomic E-state index is -0.555. The SMILES string of the molecule is CC(C)C(NC(=O)c1ccc(Cl)cc1)C(=O)N[C@H]1CCCNC1. The second kappa shape index (κ2) is 8.31. The molecule has 5 nitrogen and oxygen atoms in total. The van der Waals surface area contributed by atoms with E-state index in [9.17, 15) is 9.59 Å². The van der Waals surface area contributed by atoms with Gasteiger partial charge in [0.2, 0.25) is 5.91 Å². The Hall–Kier alpha value is -1.59. The van der Waals surface area contributed by atoms with Crippen LogP contribution in [0.5, 0.6) is 0 Å². The largest absolute Gasteiger partial charge is 0.350 e. The highest BCUT2D eigenvalue weighted by Crippen LogP contribution is 2.11. The molecule has 1 aromatic rings. The van der Waals surface area contributed by atoms with Gasteiger partial charge in [-0.1, -0.05) is 25.4 Å². The Morgan fingerprint density at radius 3 is 2.52 bits per heavy atom. The van der Waals surface area contributed by atoms with Crippen molar-refractivity contribution in [1.29, 1.82) is 0 Å². The van der Waals surface area contributed by atoms with Gasteiger partial charge in [-0.2, -0.15) is 0 Å². The van der Waals surface area contributed by atoms with E-state index < -0.39 is 6.04 Å². The number of amides is 2. The minimum Gasteiger partial charge on any atom is -0.350 e. The van der Waals surface area contributed by atoms with Gasteiger partial charge in [-0.25, -0.2) is 0 Å². The molecule has 3 N–H and O–H groups in total. The van der Waals surface area contributed by atoms with E-state index in [0.29, 0.717) is 10.6 Å². The van der Waals surface area contributed by atoms with E-state index in [1.54, 1.807) is 24.3 Å². The summed E-state index contributed by atoms with van der Waals surface area (Å²) in [5.41, 5.74) is 0.493. The normalized spacial score (nSPS) is 19.2. The van der Waals surface area contributed by atoms with Gasteiger partial charge >= 0.3 is 0 Å². The quantitative estimate of drug-likeness (QED) is 0.769. The minimum absolute atomic E-state index is 0.00259. The number of piperidine rings is 1. The number of hydrogen-bond acceptors (Lipinski definition) is 3. The predicted molar refractivity (Wildman–Crippen MR) is 91.6 cm³/mol. The number of hydrogen-bond donors (Lipinski definition) is 3. The molecule has 1 unspecified atom stereocenters. The highest BCUT2D eigenvalue weighted by atomic mass is 35.5. The topological polar surface area (TPSA) is 70.2 Å². The van der Waals surface area contributed by atoms with Crippen LogP contribution in [-0.4, -0.2) is 37.0 Å². The summed E-state index contributed by atoms with van der Waals surface area (Å²) in [6, 6.07) is 6.20. The van der Waals surface area contributed by atoms with Gasteiger partial charge in [0, 0.05) is 23.2 Å². The first-order valence-electron chi connectivity index (χ1n) is 8.05. The lowest BCUT2D eigenvalue weighted by Crippen LogP contribution is -2.54. The van der Waals surface area contributed by atoms with Gasteiger partial charge in [0.1, 0.15) is 6.04 Å². The van der Waals surface area contributed by atoms with Crippen molar-refractivity contribution in [2.45, 2.75) is 38.8 Å². The first-order valence-corrected chi connectivity index (χ1v) is 8.42. The van der Waals surface area contributed by atoms with Crippen LogP contribution >= 0.6 is 11.6 Å². The third-order valence-corrected chi connectivity index (χ3v) is 4.24. The molecule has 1 saturated heterocycles. The first kappa shape index (κ1) is 17.8. The zero-order valence-electron chi connectivity index (χ0n) is 13.6. The van der Waals surface area contributed by atoms with E-state index in [2.05, 4.69) is 16.0 Å². The Balaban J connectivity index is 1.98. The van der Waals surface area contributed by atoms with Gasteiger partial charge in [-0.15, -0.1) is 0 Å². The van der Waals surface area contributed by atoms with Crippen molar-refractivity contribution >= 4 is 23.4 Å². The molecule has 0 aromatic heterocycles. The second-order valence-electron chi connectivity index (χ2n) is 6.25. The van der Waals surface area contributed by atoms with E-state index in [4.69, 9.17) is 11.6 Å². The highest BCUT2D eigenvalue weighted by molar-refractivity contribution is 6.30. The number of halogens is 1. The fraction of sp³-hybridized carbons (Fsp3) is 0.529. The maximum Gasteiger partial charge on any atom is 0.251 e. The summed E-state index contributed by atoms with van der Waals surface area (Å²) in [5.74, 6) is -0.393. The lowest BCUT2D eigenvalue weighted by Gasteiger charge is -2.28. The predicted octanol–water partition coefficient (Wildman–Crippen LogP) is 1.96. The lowest BCUT2D eigenvalue weighted by atomic mass is 10.0. The fourth-order valence-corrected chi connectivity index (χ4v) is 2.75. The van der Waals surface area contributed by atoms with Crippen molar-refractivity contribution < 1.29 is 9.59 Å². The molecule has 126 valence electrons. The van der Waals surface area contributed by atoms with Crippen LogP contribution in [0, 0.1) is 5.92 Å². The average molecular weight is 338 g/mol. The average Bonchev–Trinajstić information content (AvgIpc) is 2.53. The van der Waals surface area contributed by atoms with Gasteiger partial charge in [0.15, 0.2) is 0 Å². The standard InChI is InChI=1S/C17H24ClN3O2/c1-11(2)15(17(23)20-14-4-3-9-19-10-14)21-16(22)12-5-7-13(18)8-6-12/h5-8,11,14-15,19H,3-4,9-10H2,1-2H3,(H,20,23)(H,21,22)/t14-,15?/m0/s1. The lowest BCUT2D eigenvalue weighted by molar-refractivity contribution is -0.124. The fourth-order valence-electron chi connectivity index (χ4n) is 2.63. The summed E-state index contributed by atoms with van der Waals surface area (Å²) in [5, 5.41) is 9.70. The van der Waals surface area contributed by atoms with Crippen LogP contribution < -0.4 is 16.0 Å². The molecule has 1 aliphatic rings. The molecule has 2 atom stereocenters. The van der Waals surface area contributed by atoms with Gasteiger partial charge in [-0.3, -0.25) is 9.59 Å². The summed E-state index contributed by atoms with van der Waals surface area (Å²) < 4.78 is 0. The summed E-state index contributed by atoms with van der Waals surface area (Å²) >= 11 is 5.83. The summed E-state index contributed by atoms with van der Waals surface area (Å²) in [4.78, 5) is 24.8. The molecule has 2 rings (SSSR count). The molecule has 0 saturated carbocycles. The van der Waals surface area contributed by atoms with Crippen molar-refractivity contribution in [3.63, 3.8) is 0 Å². The molecular weight excluding hydrogens is 314 g/mol. The molecule has 23 heavy (non-hydrogen) atoms. The third-order valence-electron chi connectivity index (χ3n) is 3.99. The Labute approximate surface area is 142 Å². The Kier molecular flexibility index (Phi) is 6.42. The van der Waals surface area contributed by atoms with E-state index in [0.717, 1.165) is 25.9 Å². The van der Waals surface area contributed by atoms with Crippen LogP contribution in [0.15, 0.2) is 24.3 Å². The molecule has 0 radical (unpaired) electrons. The second-order valence-corrected chi connectivity index (χ2v) is 6.69. The zero-order valence-corrected chi connectivity index (χ0v) is 14.3. The van der Waals surface area contributed by atoms with Crippen molar-refractivity contribution in [3.05, 3.63) is 34.9 Å². The van der Waals surface area contributed by atoms with Gasteiger partial charge in [-0.05, 0) is 49.6 Å². The zero-order chi connectivity index (χ0) is 16.8. The van der Waals surface area contributed by atoms with Crippen molar-refractivity contribution in [1.82, 2.24) is 16.0 Å². The molecule has 1 aromatic carbocycles. The third kappa shape index (κ3) is 5.22. The summed E-state index contributed by atoms with van der Waals surface area (Å²) in [6.07, 6.45) is 2.02. The van der Waals surface area contributed by atoms with Gasteiger partial charge in [0.25, 0.3) is 5.91 Å². The number of benzene rings is 1. The number of nitrogens with one attached hydrogen (secondary N) is 3. The summed E-state index contributed by atoms with van der Waals surface area (Å²) in [7, 11) is 0. The Bertz CT molecular complexity index is 539. The highest BCUT2D eigenvalue weighted by Gasteiger charge is 2.27. The van der Waals surface area contributed by atoms with Crippen molar-refractivity contribution in [2.24, 2.45) is 5.92 Å². The maximum absolute atomic E-state index is 12.5. The Morgan fingerprint density at radius 1 is 1.26 bits per heavy atom. The van der Waals surface area contributed by atoms with E-state index in [1.165, 1.54) is 0 Å². The number of rotatable bonds is 5.